The molecule has 186 valence electrons. The van der Waals surface area contributed by atoms with Crippen LogP contribution in [0.25, 0.3) is 0 Å². The van der Waals surface area contributed by atoms with Gasteiger partial charge in [0.05, 0.1) is 5.69 Å². The lowest BCUT2D eigenvalue weighted by Crippen LogP contribution is -2.58. The molecule has 1 atom stereocenters. The maximum Gasteiger partial charge on any atom is 0.335 e. The summed E-state index contributed by atoms with van der Waals surface area (Å²) in [6, 6.07) is 19.1. The summed E-state index contributed by atoms with van der Waals surface area (Å²) in [6.07, 6.45) is 0.973. The zero-order chi connectivity index (χ0) is 26.5. The summed E-state index contributed by atoms with van der Waals surface area (Å²) in [5, 5.41) is 8.63. The second-order valence-electron chi connectivity index (χ2n) is 8.40. The molecule has 0 radical (unpaired) electrons. The van der Waals surface area contributed by atoms with Crippen LogP contribution in [0.5, 0.6) is 0 Å². The maximum atomic E-state index is 12.9. The lowest BCUT2D eigenvalue weighted by Gasteiger charge is -2.28. The highest BCUT2D eigenvalue weighted by molar-refractivity contribution is 6.32. The third-order valence-electron chi connectivity index (χ3n) is 5.54. The fourth-order valence-electron chi connectivity index (χ4n) is 3.66. The zero-order valence-corrected chi connectivity index (χ0v) is 20.0. The number of benzene rings is 3. The van der Waals surface area contributed by atoms with Gasteiger partial charge < -0.3 is 5.32 Å². The maximum absolute atomic E-state index is 12.9. The number of amides is 6. The summed E-state index contributed by atoms with van der Waals surface area (Å²) >= 11 is 0. The molecule has 10 nitrogen and oxygen atoms in total. The average molecular weight is 498 g/mol. The Morgan fingerprint density at radius 3 is 2.22 bits per heavy atom. The summed E-state index contributed by atoms with van der Waals surface area (Å²) in [7, 11) is 0. The van der Waals surface area contributed by atoms with Crippen molar-refractivity contribution in [1.82, 2.24) is 10.7 Å². The molecule has 3 aromatic carbocycles. The van der Waals surface area contributed by atoms with Gasteiger partial charge in [0.25, 0.3) is 17.7 Å². The van der Waals surface area contributed by atoms with Gasteiger partial charge >= 0.3 is 6.03 Å². The number of urea groups is 1. The van der Waals surface area contributed by atoms with Crippen molar-refractivity contribution in [3.63, 3.8) is 0 Å². The Morgan fingerprint density at radius 1 is 0.865 bits per heavy atom. The number of hydrazone groups is 1. The number of barbiturate groups is 1. The molecule has 0 aromatic heterocycles. The molecule has 3 aromatic rings. The minimum Gasteiger partial charge on any atom is -0.322 e. The van der Waals surface area contributed by atoms with Crippen LogP contribution in [0.15, 0.2) is 77.9 Å². The smallest absolute Gasteiger partial charge is 0.322 e. The molecule has 1 aliphatic heterocycles. The molecule has 0 bridgehead atoms. The second-order valence-corrected chi connectivity index (χ2v) is 8.40. The molecule has 1 fully saturated rings. The van der Waals surface area contributed by atoms with Crippen molar-refractivity contribution in [2.45, 2.75) is 13.8 Å². The first kappa shape index (κ1) is 25.0. The van der Waals surface area contributed by atoms with Crippen LogP contribution in [0.1, 0.15) is 31.8 Å². The van der Waals surface area contributed by atoms with E-state index >= 15 is 0 Å². The lowest BCUT2D eigenvalue weighted by atomic mass is 10.1. The fraction of sp³-hybridized carbons (Fsp3) is 0.111. The number of nitrogens with one attached hydrogen (secondary N) is 3. The second kappa shape index (κ2) is 10.6. The van der Waals surface area contributed by atoms with Crippen LogP contribution in [0, 0.1) is 19.8 Å². The molecule has 3 N–H and O–H groups in total. The molecule has 1 aliphatic rings. The minimum atomic E-state index is -1.40. The first-order valence-electron chi connectivity index (χ1n) is 11.3. The van der Waals surface area contributed by atoms with Crippen LogP contribution < -0.4 is 21.0 Å². The highest BCUT2D eigenvalue weighted by Gasteiger charge is 2.40. The molecule has 4 rings (SSSR count). The SMILES string of the molecule is Cc1cccc(C(=O)Nc2ccc(C(=O)N/N=C\[C@H]3C(=O)NC(=O)N(c4cccc(C)c4)C3=O)cc2)c1. The Kier molecular flexibility index (Phi) is 7.19. The first-order chi connectivity index (χ1) is 17.7. The summed E-state index contributed by atoms with van der Waals surface area (Å²) in [5.74, 6) is -3.91. The van der Waals surface area contributed by atoms with E-state index in [0.717, 1.165) is 22.2 Å². The normalized spacial score (nSPS) is 15.5. The molecule has 0 aliphatic carbocycles. The Morgan fingerprint density at radius 2 is 1.54 bits per heavy atom. The predicted octanol–water partition coefficient (Wildman–Crippen LogP) is 3.17. The highest BCUT2D eigenvalue weighted by atomic mass is 16.2. The monoisotopic (exact) mass is 497 g/mol. The van der Waals surface area contributed by atoms with Crippen molar-refractivity contribution >= 4 is 47.2 Å². The topological polar surface area (TPSA) is 137 Å². The summed E-state index contributed by atoms with van der Waals surface area (Å²) < 4.78 is 0. The van der Waals surface area contributed by atoms with Crippen molar-refractivity contribution < 1.29 is 24.0 Å². The average Bonchev–Trinajstić information content (AvgIpc) is 2.86. The van der Waals surface area contributed by atoms with Gasteiger partial charge in [0.15, 0.2) is 5.92 Å². The largest absolute Gasteiger partial charge is 0.335 e. The number of rotatable bonds is 6. The quantitative estimate of drug-likeness (QED) is 0.273. The number of anilines is 2. The van der Waals surface area contributed by atoms with E-state index in [9.17, 15) is 24.0 Å². The van der Waals surface area contributed by atoms with Crippen LogP contribution in [-0.4, -0.2) is 35.9 Å². The van der Waals surface area contributed by atoms with Gasteiger partial charge in [0.1, 0.15) is 0 Å². The van der Waals surface area contributed by atoms with Gasteiger partial charge in [0, 0.05) is 23.0 Å². The van der Waals surface area contributed by atoms with Gasteiger partial charge in [-0.3, -0.25) is 24.5 Å². The van der Waals surface area contributed by atoms with Crippen LogP contribution >= 0.6 is 0 Å². The molecule has 37 heavy (non-hydrogen) atoms. The van der Waals surface area contributed by atoms with E-state index in [-0.39, 0.29) is 11.5 Å². The zero-order valence-electron chi connectivity index (χ0n) is 20.0. The molecule has 0 saturated carbocycles. The van der Waals surface area contributed by atoms with Crippen LogP contribution in [0.3, 0.4) is 0 Å². The Hall–Kier alpha value is -5.12. The number of nitrogens with zero attached hydrogens (tertiary/aromatic N) is 2. The van der Waals surface area contributed by atoms with Crippen molar-refractivity contribution in [2.75, 3.05) is 10.2 Å². The van der Waals surface area contributed by atoms with E-state index in [1.807, 2.05) is 13.0 Å². The molecular weight excluding hydrogens is 474 g/mol. The molecule has 6 amide bonds. The van der Waals surface area contributed by atoms with Gasteiger partial charge in [-0.15, -0.1) is 0 Å². The number of carbonyl (C=O) groups is 5. The third-order valence-corrected chi connectivity index (χ3v) is 5.54. The third kappa shape index (κ3) is 5.76. The van der Waals surface area contributed by atoms with E-state index in [1.54, 1.807) is 61.5 Å². The minimum absolute atomic E-state index is 0.238. The fourth-order valence-corrected chi connectivity index (χ4v) is 3.66. The molecule has 0 unspecified atom stereocenters. The Bertz CT molecular complexity index is 1430. The molecule has 1 heterocycles. The van der Waals surface area contributed by atoms with E-state index in [1.165, 1.54) is 12.1 Å². The van der Waals surface area contributed by atoms with E-state index < -0.39 is 29.7 Å². The van der Waals surface area contributed by atoms with Gasteiger partial charge in [0.2, 0.25) is 5.91 Å². The van der Waals surface area contributed by atoms with Crippen molar-refractivity contribution in [2.24, 2.45) is 11.0 Å². The molecular formula is C27H23N5O5. The van der Waals surface area contributed by atoms with E-state index in [0.29, 0.717) is 16.9 Å². The van der Waals surface area contributed by atoms with Crippen LogP contribution in [-0.2, 0) is 9.59 Å². The number of imide groups is 2. The standard InChI is InChI=1S/C27H23N5O5/c1-16-5-3-7-19(13-16)23(33)29-20-11-9-18(10-12-20)24(34)31-28-15-22-25(35)30-27(37)32(26(22)36)21-8-4-6-17(2)14-21/h3-15,22H,1-2H3,(H,29,33)(H,31,34)(H,30,35,37)/b28-15-/t22-/m0/s1. The number of aryl methyl sites for hydroxylation is 2. The number of hydrogen-bond donors (Lipinski definition) is 3. The van der Waals surface area contributed by atoms with E-state index in [4.69, 9.17) is 0 Å². The number of hydrogen-bond acceptors (Lipinski definition) is 6. The van der Waals surface area contributed by atoms with Gasteiger partial charge in [-0.2, -0.15) is 5.10 Å². The van der Waals surface area contributed by atoms with Crippen molar-refractivity contribution in [3.8, 4) is 0 Å². The van der Waals surface area contributed by atoms with E-state index in [2.05, 4.69) is 21.2 Å². The van der Waals surface area contributed by atoms with Gasteiger partial charge in [-0.1, -0.05) is 29.8 Å². The van der Waals surface area contributed by atoms with Crippen LogP contribution in [0.2, 0.25) is 0 Å². The summed E-state index contributed by atoms with van der Waals surface area (Å²) in [4.78, 5) is 63.1. The number of carbonyl (C=O) groups excluding carboxylic acids is 5. The predicted molar refractivity (Wildman–Crippen MR) is 137 cm³/mol. The molecule has 10 heteroatoms. The molecule has 1 saturated heterocycles. The molecule has 0 spiro atoms. The van der Waals surface area contributed by atoms with Gasteiger partial charge in [-0.25, -0.2) is 15.1 Å². The summed E-state index contributed by atoms with van der Waals surface area (Å²) in [6.45, 7) is 3.70. The van der Waals surface area contributed by atoms with Crippen LogP contribution in [0.4, 0.5) is 16.2 Å². The van der Waals surface area contributed by atoms with Gasteiger partial charge in [-0.05, 0) is 67.9 Å². The van der Waals surface area contributed by atoms with Crippen molar-refractivity contribution in [1.29, 1.82) is 0 Å². The first-order valence-corrected chi connectivity index (χ1v) is 11.3. The summed E-state index contributed by atoms with van der Waals surface area (Å²) in [5.41, 5.74) is 5.61. The van der Waals surface area contributed by atoms with Crippen molar-refractivity contribution in [3.05, 3.63) is 95.1 Å². The lowest BCUT2D eigenvalue weighted by molar-refractivity contribution is -0.131. The highest BCUT2D eigenvalue weighted by Crippen LogP contribution is 2.21. The Labute approximate surface area is 212 Å². The Balaban J connectivity index is 1.38.